The highest BCUT2D eigenvalue weighted by molar-refractivity contribution is 5.98. The minimum Gasteiger partial charge on any atom is -0.494 e. The van der Waals surface area contributed by atoms with Crippen LogP contribution in [0.1, 0.15) is 30.3 Å². The Hall–Kier alpha value is -3.26. The molecule has 1 fully saturated rings. The lowest BCUT2D eigenvalue weighted by molar-refractivity contribution is 0.0854. The normalized spacial score (nSPS) is 16.0. The van der Waals surface area contributed by atoms with E-state index in [1.54, 1.807) is 17.1 Å². The average molecular weight is 393 g/mol. The van der Waals surface area contributed by atoms with Crippen molar-refractivity contribution in [1.29, 1.82) is 0 Å². The van der Waals surface area contributed by atoms with Crippen molar-refractivity contribution in [2.24, 2.45) is 0 Å². The van der Waals surface area contributed by atoms with Gasteiger partial charge in [-0.3, -0.25) is 9.78 Å². The largest absolute Gasteiger partial charge is 0.494 e. The van der Waals surface area contributed by atoms with Crippen molar-refractivity contribution >= 4 is 5.91 Å². The smallest absolute Gasteiger partial charge is 0.274 e. The van der Waals surface area contributed by atoms with Crippen LogP contribution in [-0.2, 0) is 4.74 Å². The van der Waals surface area contributed by atoms with Crippen LogP contribution in [-0.4, -0.2) is 51.7 Å². The number of rotatable bonds is 7. The number of pyridine rings is 1. The molecule has 29 heavy (non-hydrogen) atoms. The zero-order valence-electron chi connectivity index (χ0n) is 16.2. The van der Waals surface area contributed by atoms with Crippen LogP contribution in [0.5, 0.6) is 5.75 Å². The molecule has 1 aromatic carbocycles. The van der Waals surface area contributed by atoms with Crippen LogP contribution >= 0.6 is 0 Å². The van der Waals surface area contributed by atoms with Crippen molar-refractivity contribution in [2.45, 2.75) is 25.9 Å². The number of carbonyl (C=O) groups is 1. The van der Waals surface area contributed by atoms with Gasteiger partial charge in [-0.15, -0.1) is 5.10 Å². The van der Waals surface area contributed by atoms with E-state index in [-0.39, 0.29) is 17.7 Å². The summed E-state index contributed by atoms with van der Waals surface area (Å²) in [7, 11) is 0. The first-order valence-corrected chi connectivity index (χ1v) is 9.75. The van der Waals surface area contributed by atoms with E-state index in [0.717, 1.165) is 36.4 Å². The first-order chi connectivity index (χ1) is 14.3. The van der Waals surface area contributed by atoms with E-state index in [0.29, 0.717) is 18.8 Å². The molecule has 3 heterocycles. The fraction of sp³-hybridized carbons (Fsp3) is 0.333. The Morgan fingerprint density at radius 1 is 1.24 bits per heavy atom. The number of carbonyl (C=O) groups excluding carboxylic acids is 1. The highest BCUT2D eigenvalue weighted by Gasteiger charge is 2.24. The summed E-state index contributed by atoms with van der Waals surface area (Å²) in [5.74, 6) is 0.501. The monoisotopic (exact) mass is 393 g/mol. The minimum atomic E-state index is -0.274. The molecule has 0 unspecified atom stereocenters. The van der Waals surface area contributed by atoms with E-state index in [4.69, 9.17) is 9.47 Å². The van der Waals surface area contributed by atoms with E-state index in [9.17, 15) is 4.79 Å². The van der Waals surface area contributed by atoms with E-state index in [1.165, 1.54) is 0 Å². The molecule has 3 aromatic rings. The topological polar surface area (TPSA) is 91.2 Å². The van der Waals surface area contributed by atoms with Gasteiger partial charge in [0.15, 0.2) is 5.69 Å². The second-order valence-corrected chi connectivity index (χ2v) is 6.71. The van der Waals surface area contributed by atoms with Gasteiger partial charge >= 0.3 is 0 Å². The van der Waals surface area contributed by atoms with Gasteiger partial charge in [0.25, 0.3) is 5.91 Å². The maximum Gasteiger partial charge on any atom is 0.274 e. The molecule has 1 N–H and O–H groups in total. The summed E-state index contributed by atoms with van der Waals surface area (Å²) in [6.07, 6.45) is 5.40. The van der Waals surface area contributed by atoms with Crippen molar-refractivity contribution < 1.29 is 14.3 Å². The van der Waals surface area contributed by atoms with E-state index >= 15 is 0 Å². The van der Waals surface area contributed by atoms with Crippen molar-refractivity contribution in [1.82, 2.24) is 25.3 Å². The lowest BCUT2D eigenvalue weighted by atomic mass is 10.1. The molecule has 1 saturated heterocycles. The molecule has 1 atom stereocenters. The van der Waals surface area contributed by atoms with Crippen LogP contribution in [0.4, 0.5) is 0 Å². The van der Waals surface area contributed by atoms with Gasteiger partial charge in [0.05, 0.1) is 18.4 Å². The summed E-state index contributed by atoms with van der Waals surface area (Å²) in [4.78, 5) is 16.9. The number of ether oxygens (including phenoxy) is 2. The maximum absolute atomic E-state index is 12.9. The van der Waals surface area contributed by atoms with Gasteiger partial charge in [-0.2, -0.15) is 0 Å². The predicted octanol–water partition coefficient (Wildman–Crippen LogP) is 2.64. The molecule has 150 valence electrons. The Kier molecular flexibility index (Phi) is 5.81. The third-order valence-electron chi connectivity index (χ3n) is 4.75. The summed E-state index contributed by atoms with van der Waals surface area (Å²) in [5.41, 5.74) is 2.47. The van der Waals surface area contributed by atoms with E-state index < -0.39 is 0 Å². The molecule has 2 aromatic heterocycles. The second kappa shape index (κ2) is 8.83. The van der Waals surface area contributed by atoms with Gasteiger partial charge in [-0.1, -0.05) is 5.21 Å². The first-order valence-electron chi connectivity index (χ1n) is 9.75. The van der Waals surface area contributed by atoms with Crippen LogP contribution in [0.2, 0.25) is 0 Å². The number of hydrogen-bond acceptors (Lipinski definition) is 6. The summed E-state index contributed by atoms with van der Waals surface area (Å²) in [6.45, 7) is 3.75. The zero-order valence-corrected chi connectivity index (χ0v) is 16.2. The summed E-state index contributed by atoms with van der Waals surface area (Å²) >= 11 is 0. The molecule has 0 radical (unpaired) electrons. The molecule has 1 amide bonds. The van der Waals surface area contributed by atoms with Crippen LogP contribution in [0.3, 0.4) is 0 Å². The number of amides is 1. The van der Waals surface area contributed by atoms with Gasteiger partial charge in [-0.25, -0.2) is 4.68 Å². The molecule has 0 aliphatic carbocycles. The SMILES string of the molecule is CCOc1ccc(-n2nnc(C(=O)NC[C@H]3CCCO3)c2-c2ccncc2)cc1. The predicted molar refractivity (Wildman–Crippen MR) is 107 cm³/mol. The molecule has 0 saturated carbocycles. The van der Waals surface area contributed by atoms with Gasteiger partial charge < -0.3 is 14.8 Å². The molecule has 0 spiro atoms. The van der Waals surface area contributed by atoms with Crippen molar-refractivity contribution in [2.75, 3.05) is 19.8 Å². The fourth-order valence-corrected chi connectivity index (χ4v) is 3.33. The Balaban J connectivity index is 1.65. The molecular formula is C21H23N5O3. The second-order valence-electron chi connectivity index (χ2n) is 6.71. The molecule has 0 bridgehead atoms. The minimum absolute atomic E-state index is 0.0597. The first kappa shape index (κ1) is 19.1. The number of aromatic nitrogens is 4. The Morgan fingerprint density at radius 2 is 2.03 bits per heavy atom. The molecule has 8 heteroatoms. The van der Waals surface area contributed by atoms with Crippen molar-refractivity contribution in [3.8, 4) is 22.7 Å². The Bertz CT molecular complexity index is 950. The third kappa shape index (κ3) is 4.27. The summed E-state index contributed by atoms with van der Waals surface area (Å²) < 4.78 is 12.7. The van der Waals surface area contributed by atoms with Gasteiger partial charge in [-0.05, 0) is 56.2 Å². The van der Waals surface area contributed by atoms with Crippen molar-refractivity contribution in [3.63, 3.8) is 0 Å². The number of benzene rings is 1. The van der Waals surface area contributed by atoms with Crippen LogP contribution < -0.4 is 10.1 Å². The lowest BCUT2D eigenvalue weighted by Gasteiger charge is -2.11. The maximum atomic E-state index is 12.9. The number of nitrogens with one attached hydrogen (secondary N) is 1. The molecule has 4 rings (SSSR count). The van der Waals surface area contributed by atoms with Crippen LogP contribution in [0.15, 0.2) is 48.8 Å². The quantitative estimate of drug-likeness (QED) is 0.664. The van der Waals surface area contributed by atoms with Gasteiger partial charge in [0, 0.05) is 31.1 Å². The standard InChI is InChI=1S/C21H23N5O3/c1-2-28-17-7-5-16(6-8-17)26-20(15-9-11-22-12-10-15)19(24-25-26)21(27)23-14-18-4-3-13-29-18/h5-12,18H,2-4,13-14H2,1H3,(H,23,27)/t18-/m1/s1. The fourth-order valence-electron chi connectivity index (χ4n) is 3.33. The van der Waals surface area contributed by atoms with Crippen molar-refractivity contribution in [3.05, 3.63) is 54.5 Å². The highest BCUT2D eigenvalue weighted by atomic mass is 16.5. The third-order valence-corrected chi connectivity index (χ3v) is 4.75. The molecule has 8 nitrogen and oxygen atoms in total. The number of nitrogens with zero attached hydrogens (tertiary/aromatic N) is 4. The molecule has 1 aliphatic rings. The molecular weight excluding hydrogens is 370 g/mol. The van der Waals surface area contributed by atoms with E-state index in [2.05, 4.69) is 20.6 Å². The summed E-state index contributed by atoms with van der Waals surface area (Å²) in [5, 5.41) is 11.4. The Labute approximate surface area is 168 Å². The zero-order chi connectivity index (χ0) is 20.1. The Morgan fingerprint density at radius 3 is 2.72 bits per heavy atom. The van der Waals surface area contributed by atoms with Gasteiger partial charge in [0.1, 0.15) is 11.4 Å². The van der Waals surface area contributed by atoms with Crippen LogP contribution in [0.25, 0.3) is 16.9 Å². The summed E-state index contributed by atoms with van der Waals surface area (Å²) in [6, 6.07) is 11.2. The van der Waals surface area contributed by atoms with Crippen LogP contribution in [0, 0.1) is 0 Å². The number of hydrogen-bond donors (Lipinski definition) is 1. The van der Waals surface area contributed by atoms with Gasteiger partial charge in [0.2, 0.25) is 0 Å². The molecule has 1 aliphatic heterocycles. The van der Waals surface area contributed by atoms with E-state index in [1.807, 2.05) is 43.3 Å². The highest BCUT2D eigenvalue weighted by Crippen LogP contribution is 2.26. The average Bonchev–Trinajstić information content (AvgIpc) is 3.43. The lowest BCUT2D eigenvalue weighted by Crippen LogP contribution is -2.32.